The molecule has 1 aromatic rings. The van der Waals surface area contributed by atoms with E-state index in [-0.39, 0.29) is 6.54 Å². The molecule has 0 aliphatic carbocycles. The van der Waals surface area contributed by atoms with Crippen LogP contribution in [0.5, 0.6) is 0 Å². The number of nitrogens with zero attached hydrogens (tertiary/aromatic N) is 2. The zero-order valence-electron chi connectivity index (χ0n) is 8.48. The van der Waals surface area contributed by atoms with Crippen molar-refractivity contribution >= 4 is 33.5 Å². The van der Waals surface area contributed by atoms with E-state index in [2.05, 4.69) is 20.9 Å². The molecule has 0 fully saturated rings. The molecule has 0 radical (unpaired) electrons. The molecule has 1 amide bonds. The molecule has 0 aromatic heterocycles. The lowest BCUT2D eigenvalue weighted by molar-refractivity contribution is -0.118. The van der Waals surface area contributed by atoms with E-state index in [1.807, 2.05) is 18.2 Å². The molecule has 84 valence electrons. The van der Waals surface area contributed by atoms with Crippen LogP contribution >= 0.6 is 15.9 Å². The quantitative estimate of drug-likeness (QED) is 0.837. The summed E-state index contributed by atoms with van der Waals surface area (Å²) in [4.78, 5) is 16.7. The van der Waals surface area contributed by atoms with Gasteiger partial charge >= 0.3 is 0 Å². The minimum Gasteiger partial charge on any atom is -0.369 e. The van der Waals surface area contributed by atoms with Gasteiger partial charge in [0.25, 0.3) is 0 Å². The fourth-order valence-electron chi connectivity index (χ4n) is 1.60. The third kappa shape index (κ3) is 2.16. The molecule has 0 atom stereocenters. The number of hydrogen-bond acceptors (Lipinski definition) is 4. The second-order valence-corrected chi connectivity index (χ2v) is 4.48. The number of guanidine groups is 1. The third-order valence-corrected chi connectivity index (χ3v) is 2.80. The Morgan fingerprint density at radius 3 is 3.00 bits per heavy atom. The second-order valence-electron chi connectivity index (χ2n) is 3.57. The Balaban J connectivity index is 2.31. The van der Waals surface area contributed by atoms with Crippen LogP contribution in [0.15, 0.2) is 27.7 Å². The summed E-state index contributed by atoms with van der Waals surface area (Å²) in [6, 6.07) is 5.74. The van der Waals surface area contributed by atoms with Crippen molar-refractivity contribution in [3.8, 4) is 0 Å². The highest BCUT2D eigenvalue weighted by Gasteiger charge is 2.18. The first-order valence-electron chi connectivity index (χ1n) is 4.72. The van der Waals surface area contributed by atoms with Crippen LogP contribution in [0.2, 0.25) is 0 Å². The van der Waals surface area contributed by atoms with E-state index in [4.69, 9.17) is 11.5 Å². The van der Waals surface area contributed by atoms with Gasteiger partial charge in [-0.3, -0.25) is 4.79 Å². The number of primary amides is 1. The third-order valence-electron chi connectivity index (χ3n) is 2.31. The topological polar surface area (TPSA) is 84.7 Å². The summed E-state index contributed by atoms with van der Waals surface area (Å²) in [7, 11) is 0. The molecule has 16 heavy (non-hydrogen) atoms. The maximum absolute atomic E-state index is 10.9. The van der Waals surface area contributed by atoms with Crippen molar-refractivity contribution in [3.63, 3.8) is 0 Å². The van der Waals surface area contributed by atoms with Crippen LogP contribution in [0.1, 0.15) is 5.56 Å². The lowest BCUT2D eigenvalue weighted by Gasteiger charge is -2.26. The Labute approximate surface area is 101 Å². The Morgan fingerprint density at radius 2 is 2.31 bits per heavy atom. The van der Waals surface area contributed by atoms with Crippen molar-refractivity contribution in [3.05, 3.63) is 28.2 Å². The molecule has 0 saturated heterocycles. The van der Waals surface area contributed by atoms with E-state index in [0.29, 0.717) is 12.5 Å². The van der Waals surface area contributed by atoms with Crippen LogP contribution in [0, 0.1) is 0 Å². The van der Waals surface area contributed by atoms with E-state index in [0.717, 1.165) is 15.7 Å². The van der Waals surface area contributed by atoms with Gasteiger partial charge in [-0.05, 0) is 23.8 Å². The second kappa shape index (κ2) is 4.13. The molecular weight excluding hydrogens is 272 g/mol. The number of carbonyl (C=O) groups is 1. The normalized spacial score (nSPS) is 14.3. The largest absolute Gasteiger partial charge is 0.369 e. The molecule has 1 heterocycles. The van der Waals surface area contributed by atoms with Gasteiger partial charge in [-0.15, -0.1) is 0 Å². The predicted octanol–water partition coefficient (Wildman–Crippen LogP) is 0.696. The summed E-state index contributed by atoms with van der Waals surface area (Å²) in [5.41, 5.74) is 12.7. The number of halogens is 1. The van der Waals surface area contributed by atoms with Gasteiger partial charge in [0.05, 0.1) is 12.2 Å². The summed E-state index contributed by atoms with van der Waals surface area (Å²) >= 11 is 3.39. The summed E-state index contributed by atoms with van der Waals surface area (Å²) in [5.74, 6) is -0.0924. The molecule has 0 unspecified atom stereocenters. The zero-order valence-corrected chi connectivity index (χ0v) is 10.1. The molecule has 0 saturated carbocycles. The van der Waals surface area contributed by atoms with E-state index in [1.165, 1.54) is 0 Å². The number of aliphatic imine (C=N–C) groups is 1. The van der Waals surface area contributed by atoms with Gasteiger partial charge < -0.3 is 16.4 Å². The number of amides is 1. The number of benzene rings is 1. The molecular formula is C10H11BrN4O. The first-order valence-corrected chi connectivity index (χ1v) is 5.51. The van der Waals surface area contributed by atoms with Crippen molar-refractivity contribution in [1.82, 2.24) is 4.90 Å². The summed E-state index contributed by atoms with van der Waals surface area (Å²) in [6.07, 6.45) is 0. The molecule has 0 bridgehead atoms. The smallest absolute Gasteiger partial charge is 0.237 e. The van der Waals surface area contributed by atoms with Gasteiger partial charge in [-0.1, -0.05) is 15.9 Å². The fraction of sp³-hybridized carbons (Fsp3) is 0.200. The standard InChI is InChI=1S/C10H11BrN4O/c11-7-1-2-8-6(3-7)4-15(5-9(12)16)10(13)14-8/h1-3H,4-5H2,(H2,12,16)(H2,13,14). The molecule has 1 aliphatic rings. The van der Waals surface area contributed by atoms with Gasteiger partial charge in [-0.2, -0.15) is 0 Å². The van der Waals surface area contributed by atoms with Gasteiger partial charge in [0.15, 0.2) is 5.96 Å². The Morgan fingerprint density at radius 1 is 1.56 bits per heavy atom. The molecule has 2 rings (SSSR count). The molecule has 1 aromatic carbocycles. The van der Waals surface area contributed by atoms with Crippen molar-refractivity contribution in [2.75, 3.05) is 6.54 Å². The van der Waals surface area contributed by atoms with Crippen molar-refractivity contribution in [2.45, 2.75) is 6.54 Å². The number of nitrogens with two attached hydrogens (primary N) is 2. The van der Waals surface area contributed by atoms with Gasteiger partial charge in [0.1, 0.15) is 0 Å². The van der Waals surface area contributed by atoms with Crippen molar-refractivity contribution in [2.24, 2.45) is 16.5 Å². The van der Waals surface area contributed by atoms with Gasteiger partial charge in [0, 0.05) is 11.0 Å². The van der Waals surface area contributed by atoms with Gasteiger partial charge in [0.2, 0.25) is 5.91 Å². The van der Waals surface area contributed by atoms with Crippen LogP contribution in [0.4, 0.5) is 5.69 Å². The molecule has 0 spiro atoms. The average molecular weight is 283 g/mol. The summed E-state index contributed by atoms with van der Waals surface area (Å²) in [5, 5.41) is 0. The maximum atomic E-state index is 10.9. The van der Waals surface area contributed by atoms with Crippen LogP contribution < -0.4 is 11.5 Å². The average Bonchev–Trinajstić information content (AvgIpc) is 2.19. The Bertz CT molecular complexity index is 472. The number of carbonyl (C=O) groups excluding carboxylic acids is 1. The van der Waals surface area contributed by atoms with E-state index >= 15 is 0 Å². The van der Waals surface area contributed by atoms with Crippen LogP contribution in [0.3, 0.4) is 0 Å². The SMILES string of the molecule is NC(=O)CN1Cc2cc(Br)ccc2N=C1N. The molecule has 6 heteroatoms. The highest BCUT2D eigenvalue weighted by atomic mass is 79.9. The van der Waals surface area contributed by atoms with E-state index < -0.39 is 5.91 Å². The number of rotatable bonds is 2. The van der Waals surface area contributed by atoms with Gasteiger partial charge in [-0.25, -0.2) is 4.99 Å². The van der Waals surface area contributed by atoms with Crippen LogP contribution in [-0.2, 0) is 11.3 Å². The first kappa shape index (κ1) is 10.9. The highest BCUT2D eigenvalue weighted by Crippen LogP contribution is 2.27. The number of hydrogen-bond donors (Lipinski definition) is 2. The monoisotopic (exact) mass is 282 g/mol. The number of fused-ring (bicyclic) bond motifs is 1. The van der Waals surface area contributed by atoms with E-state index in [1.54, 1.807) is 4.90 Å². The fourth-order valence-corrected chi connectivity index (χ4v) is 2.00. The lowest BCUT2D eigenvalue weighted by atomic mass is 10.1. The lowest BCUT2D eigenvalue weighted by Crippen LogP contribution is -2.43. The minimum absolute atomic E-state index is 0.0846. The molecule has 4 N–H and O–H groups in total. The predicted molar refractivity (Wildman–Crippen MR) is 65.0 cm³/mol. The first-order chi connectivity index (χ1) is 7.56. The molecule has 1 aliphatic heterocycles. The zero-order chi connectivity index (χ0) is 11.7. The summed E-state index contributed by atoms with van der Waals surface area (Å²) in [6.45, 7) is 0.633. The minimum atomic E-state index is -0.420. The van der Waals surface area contributed by atoms with Crippen LogP contribution in [0.25, 0.3) is 0 Å². The Hall–Kier alpha value is -1.56. The molecule has 5 nitrogen and oxygen atoms in total. The highest BCUT2D eigenvalue weighted by molar-refractivity contribution is 9.10. The Kier molecular flexibility index (Phi) is 2.82. The van der Waals surface area contributed by atoms with Crippen molar-refractivity contribution < 1.29 is 4.79 Å². The van der Waals surface area contributed by atoms with E-state index in [9.17, 15) is 4.79 Å². The van der Waals surface area contributed by atoms with Crippen LogP contribution in [-0.4, -0.2) is 23.3 Å². The summed E-state index contributed by atoms with van der Waals surface area (Å²) < 4.78 is 0.973. The van der Waals surface area contributed by atoms with Crippen molar-refractivity contribution in [1.29, 1.82) is 0 Å². The maximum Gasteiger partial charge on any atom is 0.237 e.